The normalized spacial score (nSPS) is 21.1. The van der Waals surface area contributed by atoms with E-state index in [2.05, 4.69) is 4.98 Å². The number of aromatic nitrogens is 1. The van der Waals surface area contributed by atoms with Crippen LogP contribution >= 0.6 is 0 Å². The van der Waals surface area contributed by atoms with Gasteiger partial charge in [-0.15, -0.1) is 0 Å². The Morgan fingerprint density at radius 1 is 1.11 bits per heavy atom. The first-order chi connectivity index (χ1) is 9.12. The van der Waals surface area contributed by atoms with Gasteiger partial charge in [-0.05, 0) is 37.6 Å². The molecule has 2 heterocycles. The topological polar surface area (TPSA) is 33.2 Å². The van der Waals surface area contributed by atoms with Crippen molar-refractivity contribution in [2.45, 2.75) is 19.9 Å². The molecule has 3 rings (SSSR count). The number of para-hydroxylation sites is 1. The average Bonchev–Trinajstić information content (AvgIpc) is 2.45. The molecule has 0 aliphatic carbocycles. The lowest BCUT2D eigenvalue weighted by Gasteiger charge is -2.53. The lowest BCUT2D eigenvalue weighted by molar-refractivity contribution is -0.137. The molecule has 1 atom stereocenters. The van der Waals surface area contributed by atoms with E-state index in [4.69, 9.17) is 0 Å². The van der Waals surface area contributed by atoms with Crippen molar-refractivity contribution in [2.75, 3.05) is 4.90 Å². The summed E-state index contributed by atoms with van der Waals surface area (Å²) >= 11 is 0. The number of hydrogen-bond donors (Lipinski definition) is 0. The van der Waals surface area contributed by atoms with E-state index in [0.29, 0.717) is 0 Å². The van der Waals surface area contributed by atoms with E-state index in [0.717, 1.165) is 11.3 Å². The van der Waals surface area contributed by atoms with Gasteiger partial charge in [0.2, 0.25) is 5.91 Å². The van der Waals surface area contributed by atoms with Crippen LogP contribution < -0.4 is 4.90 Å². The molecule has 3 nitrogen and oxygen atoms in total. The van der Waals surface area contributed by atoms with Crippen LogP contribution in [0.1, 0.15) is 25.5 Å². The van der Waals surface area contributed by atoms with Gasteiger partial charge < -0.3 is 4.90 Å². The second-order valence-electron chi connectivity index (χ2n) is 5.42. The molecule has 1 aliphatic heterocycles. The van der Waals surface area contributed by atoms with Crippen LogP contribution in [0.2, 0.25) is 0 Å². The van der Waals surface area contributed by atoms with Crippen LogP contribution in [0.4, 0.5) is 5.69 Å². The largest absolute Gasteiger partial charge is 0.303 e. The number of carbonyl (C=O) groups is 1. The number of rotatable bonds is 2. The van der Waals surface area contributed by atoms with Crippen LogP contribution in [0.15, 0.2) is 54.9 Å². The van der Waals surface area contributed by atoms with E-state index in [1.807, 2.05) is 67.4 Å². The fraction of sp³-hybridized carbons (Fsp3) is 0.250. The highest BCUT2D eigenvalue weighted by atomic mass is 16.2. The molecule has 1 saturated heterocycles. The van der Waals surface area contributed by atoms with Crippen molar-refractivity contribution < 1.29 is 4.79 Å². The molecule has 0 bridgehead atoms. The molecule has 1 amide bonds. The molecule has 0 saturated carbocycles. The van der Waals surface area contributed by atoms with Crippen molar-refractivity contribution in [3.63, 3.8) is 0 Å². The van der Waals surface area contributed by atoms with Gasteiger partial charge in [-0.2, -0.15) is 0 Å². The minimum Gasteiger partial charge on any atom is -0.303 e. The Morgan fingerprint density at radius 3 is 2.47 bits per heavy atom. The summed E-state index contributed by atoms with van der Waals surface area (Å²) < 4.78 is 0. The van der Waals surface area contributed by atoms with E-state index in [1.54, 1.807) is 6.20 Å². The van der Waals surface area contributed by atoms with Crippen molar-refractivity contribution in [2.24, 2.45) is 5.41 Å². The molecule has 1 aliphatic rings. The molecule has 1 aromatic heterocycles. The summed E-state index contributed by atoms with van der Waals surface area (Å²) in [6.45, 7) is 3.98. The first-order valence-electron chi connectivity index (χ1n) is 6.41. The average molecular weight is 252 g/mol. The molecule has 0 N–H and O–H groups in total. The fourth-order valence-corrected chi connectivity index (χ4v) is 2.76. The van der Waals surface area contributed by atoms with Gasteiger partial charge in [-0.1, -0.05) is 24.3 Å². The van der Waals surface area contributed by atoms with E-state index in [-0.39, 0.29) is 17.4 Å². The zero-order valence-corrected chi connectivity index (χ0v) is 11.1. The van der Waals surface area contributed by atoms with E-state index >= 15 is 0 Å². The SMILES string of the molecule is CC1(C)C(=O)N(c2ccccc2)C1c1cccnc1. The lowest BCUT2D eigenvalue weighted by atomic mass is 9.70. The minimum absolute atomic E-state index is 0.0519. The molecule has 96 valence electrons. The standard InChI is InChI=1S/C16H16N2O/c1-16(2)14(12-7-6-10-17-11-12)18(15(16)19)13-8-4-3-5-9-13/h3-11,14H,1-2H3. The first kappa shape index (κ1) is 11.9. The van der Waals surface area contributed by atoms with Crippen LogP contribution in [-0.4, -0.2) is 10.9 Å². The van der Waals surface area contributed by atoms with Gasteiger partial charge in [0.05, 0.1) is 11.5 Å². The second kappa shape index (κ2) is 4.19. The number of benzene rings is 1. The number of pyridine rings is 1. The van der Waals surface area contributed by atoms with Crippen LogP contribution in [-0.2, 0) is 4.79 Å². The van der Waals surface area contributed by atoms with Crippen LogP contribution in [0.3, 0.4) is 0 Å². The molecular weight excluding hydrogens is 236 g/mol. The van der Waals surface area contributed by atoms with Crippen LogP contribution in [0, 0.1) is 5.41 Å². The molecule has 2 aromatic rings. The highest BCUT2D eigenvalue weighted by Gasteiger charge is 2.55. The van der Waals surface area contributed by atoms with Crippen molar-refractivity contribution in [1.29, 1.82) is 0 Å². The van der Waals surface area contributed by atoms with E-state index in [9.17, 15) is 4.79 Å². The third kappa shape index (κ3) is 1.73. The summed E-state index contributed by atoms with van der Waals surface area (Å²) in [5, 5.41) is 0. The minimum atomic E-state index is -0.376. The third-order valence-corrected chi connectivity index (χ3v) is 3.75. The molecule has 3 heteroatoms. The van der Waals surface area contributed by atoms with E-state index < -0.39 is 0 Å². The highest BCUT2D eigenvalue weighted by molar-refractivity contribution is 6.05. The molecule has 1 aromatic carbocycles. The Labute approximate surface area is 112 Å². The summed E-state index contributed by atoms with van der Waals surface area (Å²) in [6.07, 6.45) is 3.60. The number of hydrogen-bond acceptors (Lipinski definition) is 2. The Bertz CT molecular complexity index is 593. The molecule has 19 heavy (non-hydrogen) atoms. The predicted molar refractivity (Wildman–Crippen MR) is 74.7 cm³/mol. The van der Waals surface area contributed by atoms with Crippen molar-refractivity contribution in [3.05, 3.63) is 60.4 Å². The quantitative estimate of drug-likeness (QED) is 0.769. The van der Waals surface area contributed by atoms with Crippen LogP contribution in [0.25, 0.3) is 0 Å². The number of carbonyl (C=O) groups excluding carboxylic acids is 1. The second-order valence-corrected chi connectivity index (χ2v) is 5.42. The smallest absolute Gasteiger partial charge is 0.235 e. The summed E-state index contributed by atoms with van der Waals surface area (Å²) in [5.41, 5.74) is 1.65. The Morgan fingerprint density at radius 2 is 1.84 bits per heavy atom. The van der Waals surface area contributed by atoms with Crippen molar-refractivity contribution >= 4 is 11.6 Å². The Balaban J connectivity index is 2.03. The zero-order valence-electron chi connectivity index (χ0n) is 11.1. The Kier molecular flexibility index (Phi) is 2.63. The van der Waals surface area contributed by atoms with Crippen LogP contribution in [0.5, 0.6) is 0 Å². The fourth-order valence-electron chi connectivity index (χ4n) is 2.76. The lowest BCUT2D eigenvalue weighted by Crippen LogP contribution is -2.61. The molecular formula is C16H16N2O. The van der Waals surface area contributed by atoms with Gasteiger partial charge in [0, 0.05) is 18.1 Å². The maximum Gasteiger partial charge on any atom is 0.235 e. The molecule has 1 unspecified atom stereocenters. The first-order valence-corrected chi connectivity index (χ1v) is 6.41. The predicted octanol–water partition coefficient (Wildman–Crippen LogP) is 3.20. The van der Waals surface area contributed by atoms with Gasteiger partial charge in [-0.25, -0.2) is 0 Å². The molecule has 1 fully saturated rings. The van der Waals surface area contributed by atoms with Gasteiger partial charge >= 0.3 is 0 Å². The maximum atomic E-state index is 12.4. The number of nitrogens with zero attached hydrogens (tertiary/aromatic N) is 2. The molecule has 0 radical (unpaired) electrons. The van der Waals surface area contributed by atoms with E-state index in [1.165, 1.54) is 0 Å². The summed E-state index contributed by atoms with van der Waals surface area (Å²) in [6, 6.07) is 13.8. The number of anilines is 1. The summed E-state index contributed by atoms with van der Waals surface area (Å²) in [5.74, 6) is 0.160. The number of amides is 1. The van der Waals surface area contributed by atoms with Crippen molar-refractivity contribution in [3.8, 4) is 0 Å². The zero-order chi connectivity index (χ0) is 13.5. The summed E-state index contributed by atoms with van der Waals surface area (Å²) in [7, 11) is 0. The Hall–Kier alpha value is -2.16. The molecule has 0 spiro atoms. The summed E-state index contributed by atoms with van der Waals surface area (Å²) in [4.78, 5) is 18.4. The van der Waals surface area contributed by atoms with Crippen molar-refractivity contribution in [1.82, 2.24) is 4.98 Å². The number of β-lactam (4-membered cyclic amide) rings is 1. The van der Waals surface area contributed by atoms with Gasteiger partial charge in [-0.3, -0.25) is 9.78 Å². The highest BCUT2D eigenvalue weighted by Crippen LogP contribution is 2.51. The monoisotopic (exact) mass is 252 g/mol. The third-order valence-electron chi connectivity index (χ3n) is 3.75. The van der Waals surface area contributed by atoms with Gasteiger partial charge in [0.25, 0.3) is 0 Å². The maximum absolute atomic E-state index is 12.4. The van der Waals surface area contributed by atoms with Gasteiger partial charge in [0.1, 0.15) is 0 Å². The van der Waals surface area contributed by atoms with Gasteiger partial charge in [0.15, 0.2) is 0 Å².